The van der Waals surface area contributed by atoms with Crippen LogP contribution in [0, 0.1) is 0 Å². The molecule has 1 N–H and O–H groups in total. The van der Waals surface area contributed by atoms with Gasteiger partial charge < -0.3 is 9.40 Å². The van der Waals surface area contributed by atoms with Gasteiger partial charge in [0.25, 0.3) is 0 Å². The molecule has 6 aromatic rings. The molecule has 0 unspecified atom stereocenters. The fraction of sp³-hybridized carbons (Fsp3) is 0. The third kappa shape index (κ3) is 3.24. The number of nitrogens with one attached hydrogen (secondary N) is 1. The second kappa shape index (κ2) is 7.86. The van der Waals surface area contributed by atoms with E-state index in [2.05, 4.69) is 4.98 Å². The Balaban J connectivity index is 1.71. The van der Waals surface area contributed by atoms with Crippen molar-refractivity contribution in [3.05, 3.63) is 117 Å². The van der Waals surface area contributed by atoms with Crippen LogP contribution in [0.5, 0.6) is 0 Å². The minimum atomic E-state index is -0.549. The number of nitrogens with zero attached hydrogens (tertiary/aromatic N) is 2. The molecule has 0 spiro atoms. The summed E-state index contributed by atoms with van der Waals surface area (Å²) in [5.41, 5.74) is 3.19. The van der Waals surface area contributed by atoms with Gasteiger partial charge in [-0.05, 0) is 41.5 Å². The number of benzene rings is 3. The van der Waals surface area contributed by atoms with E-state index in [0.717, 1.165) is 21.3 Å². The van der Waals surface area contributed by atoms with Crippen LogP contribution < -0.4 is 11.2 Å². The van der Waals surface area contributed by atoms with Crippen LogP contribution in [0.4, 0.5) is 0 Å². The molecule has 0 fully saturated rings. The summed E-state index contributed by atoms with van der Waals surface area (Å²) >= 11 is 6.06. The number of rotatable bonds is 3. The minimum absolute atomic E-state index is 0.0383. The predicted molar refractivity (Wildman–Crippen MR) is 134 cm³/mol. The van der Waals surface area contributed by atoms with Gasteiger partial charge in [0.05, 0.1) is 16.8 Å². The Bertz CT molecular complexity index is 1790. The van der Waals surface area contributed by atoms with Crippen LogP contribution in [0.3, 0.4) is 0 Å². The van der Waals surface area contributed by atoms with E-state index in [4.69, 9.17) is 21.0 Å². The quantitative estimate of drug-likeness (QED) is 0.357. The van der Waals surface area contributed by atoms with Crippen molar-refractivity contribution in [2.45, 2.75) is 0 Å². The number of halogens is 1. The molecule has 7 heteroatoms. The standard InChI is InChI=1S/C27H16ClN3O3/c28-18-13-11-17(12-14-18)21-15-20(16-7-3-1-4-8-16)22-23-24(34-25(22)29-21)26(32)31(27(33)30-23)19-9-5-2-6-10-19/h1-15H,(H,30,33). The number of furan rings is 1. The summed E-state index contributed by atoms with van der Waals surface area (Å²) < 4.78 is 7.07. The Morgan fingerprint density at radius 3 is 2.21 bits per heavy atom. The molecular formula is C27H16ClN3O3. The van der Waals surface area contributed by atoms with E-state index < -0.39 is 11.2 Å². The van der Waals surface area contributed by atoms with Gasteiger partial charge in [0, 0.05) is 10.6 Å². The molecule has 164 valence electrons. The zero-order valence-electron chi connectivity index (χ0n) is 17.7. The zero-order chi connectivity index (χ0) is 23.2. The lowest BCUT2D eigenvalue weighted by atomic mass is 10.00. The van der Waals surface area contributed by atoms with Crippen molar-refractivity contribution < 1.29 is 4.42 Å². The van der Waals surface area contributed by atoms with E-state index in [-0.39, 0.29) is 11.3 Å². The Labute approximate surface area is 197 Å². The molecule has 0 bridgehead atoms. The first kappa shape index (κ1) is 20.2. The maximum absolute atomic E-state index is 13.4. The lowest BCUT2D eigenvalue weighted by Crippen LogP contribution is -2.33. The molecule has 6 rings (SSSR count). The topological polar surface area (TPSA) is 80.9 Å². The molecule has 0 saturated heterocycles. The third-order valence-electron chi connectivity index (χ3n) is 5.73. The Morgan fingerprint density at radius 1 is 0.824 bits per heavy atom. The van der Waals surface area contributed by atoms with Gasteiger partial charge >= 0.3 is 11.2 Å². The van der Waals surface area contributed by atoms with Crippen molar-refractivity contribution in [1.29, 1.82) is 0 Å². The number of hydrogen-bond donors (Lipinski definition) is 1. The summed E-state index contributed by atoms with van der Waals surface area (Å²) in [6.45, 7) is 0. The molecule has 0 saturated carbocycles. The van der Waals surface area contributed by atoms with Crippen LogP contribution in [-0.4, -0.2) is 14.5 Å². The van der Waals surface area contributed by atoms with Crippen LogP contribution in [0.1, 0.15) is 0 Å². The number of aromatic amines is 1. The zero-order valence-corrected chi connectivity index (χ0v) is 18.4. The van der Waals surface area contributed by atoms with E-state index in [1.807, 2.05) is 54.6 Å². The lowest BCUT2D eigenvalue weighted by molar-refractivity contribution is 0.642. The van der Waals surface area contributed by atoms with E-state index in [1.54, 1.807) is 36.4 Å². The molecule has 0 aliphatic rings. The summed E-state index contributed by atoms with van der Waals surface area (Å²) in [4.78, 5) is 33.9. The number of para-hydroxylation sites is 1. The summed E-state index contributed by atoms with van der Waals surface area (Å²) in [5, 5.41) is 1.20. The highest BCUT2D eigenvalue weighted by Gasteiger charge is 2.21. The molecule has 0 aliphatic heterocycles. The highest BCUT2D eigenvalue weighted by atomic mass is 35.5. The van der Waals surface area contributed by atoms with Crippen molar-refractivity contribution in [1.82, 2.24) is 14.5 Å². The first-order valence-corrected chi connectivity index (χ1v) is 11.0. The number of H-pyrrole nitrogens is 1. The molecule has 0 radical (unpaired) electrons. The van der Waals surface area contributed by atoms with Gasteiger partial charge in [-0.3, -0.25) is 4.79 Å². The summed E-state index contributed by atoms with van der Waals surface area (Å²) in [7, 11) is 0. The van der Waals surface area contributed by atoms with E-state index in [9.17, 15) is 9.59 Å². The van der Waals surface area contributed by atoms with Gasteiger partial charge in [-0.25, -0.2) is 14.3 Å². The summed E-state index contributed by atoms with van der Waals surface area (Å²) in [6.07, 6.45) is 0. The maximum Gasteiger partial charge on any atom is 0.333 e. The molecule has 6 nitrogen and oxygen atoms in total. The molecule has 0 aliphatic carbocycles. The SMILES string of the molecule is O=c1[nH]c2c(oc3nc(-c4ccc(Cl)cc4)cc(-c4ccccc4)c32)c(=O)n1-c1ccccc1. The number of hydrogen-bond acceptors (Lipinski definition) is 4. The monoisotopic (exact) mass is 465 g/mol. The fourth-order valence-electron chi connectivity index (χ4n) is 4.15. The second-order valence-electron chi connectivity index (χ2n) is 7.82. The average Bonchev–Trinajstić information content (AvgIpc) is 3.24. The van der Waals surface area contributed by atoms with Crippen molar-refractivity contribution in [2.75, 3.05) is 0 Å². The molecule has 3 aromatic carbocycles. The van der Waals surface area contributed by atoms with Gasteiger partial charge in [-0.1, -0.05) is 72.3 Å². The Morgan fingerprint density at radius 2 is 1.50 bits per heavy atom. The molecule has 0 atom stereocenters. The molecule has 0 amide bonds. The van der Waals surface area contributed by atoms with Gasteiger partial charge in [0.1, 0.15) is 5.52 Å². The van der Waals surface area contributed by atoms with Crippen molar-refractivity contribution in [3.63, 3.8) is 0 Å². The summed E-state index contributed by atoms with van der Waals surface area (Å²) in [5.74, 6) is 0. The van der Waals surface area contributed by atoms with Crippen LogP contribution in [-0.2, 0) is 0 Å². The second-order valence-corrected chi connectivity index (χ2v) is 8.26. The van der Waals surface area contributed by atoms with Crippen LogP contribution in [0.2, 0.25) is 5.02 Å². The molecular weight excluding hydrogens is 450 g/mol. The predicted octanol–water partition coefficient (Wildman–Crippen LogP) is 5.81. The highest BCUT2D eigenvalue weighted by molar-refractivity contribution is 6.30. The summed E-state index contributed by atoms with van der Waals surface area (Å²) in [6, 6.07) is 27.7. The van der Waals surface area contributed by atoms with Gasteiger partial charge in [0.15, 0.2) is 0 Å². The minimum Gasteiger partial charge on any atom is -0.430 e. The number of aromatic nitrogens is 3. The number of pyridine rings is 1. The largest absolute Gasteiger partial charge is 0.430 e. The van der Waals surface area contributed by atoms with E-state index in [1.165, 1.54) is 0 Å². The van der Waals surface area contributed by atoms with Crippen LogP contribution in [0.15, 0.2) is 105 Å². The van der Waals surface area contributed by atoms with Crippen molar-refractivity contribution in [3.8, 4) is 28.1 Å². The first-order valence-electron chi connectivity index (χ1n) is 10.6. The van der Waals surface area contributed by atoms with Gasteiger partial charge in [-0.15, -0.1) is 0 Å². The average molecular weight is 466 g/mol. The Kier molecular flexibility index (Phi) is 4.67. The van der Waals surface area contributed by atoms with Gasteiger partial charge in [0.2, 0.25) is 11.3 Å². The fourth-order valence-corrected chi connectivity index (χ4v) is 4.28. The third-order valence-corrected chi connectivity index (χ3v) is 5.99. The van der Waals surface area contributed by atoms with Gasteiger partial charge in [-0.2, -0.15) is 0 Å². The van der Waals surface area contributed by atoms with Crippen LogP contribution in [0.25, 0.3) is 50.3 Å². The first-order chi connectivity index (χ1) is 16.6. The van der Waals surface area contributed by atoms with Crippen LogP contribution >= 0.6 is 11.6 Å². The highest BCUT2D eigenvalue weighted by Crippen LogP contribution is 2.36. The molecule has 3 aromatic heterocycles. The lowest BCUT2D eigenvalue weighted by Gasteiger charge is -2.08. The van der Waals surface area contributed by atoms with E-state index in [0.29, 0.717) is 27.3 Å². The molecule has 34 heavy (non-hydrogen) atoms. The Hall–Kier alpha value is -4.42. The maximum atomic E-state index is 13.4. The smallest absolute Gasteiger partial charge is 0.333 e. The normalized spacial score (nSPS) is 11.3. The van der Waals surface area contributed by atoms with Crippen molar-refractivity contribution >= 4 is 33.8 Å². The van der Waals surface area contributed by atoms with E-state index >= 15 is 0 Å². The van der Waals surface area contributed by atoms with Crippen molar-refractivity contribution in [2.24, 2.45) is 0 Å². The molecule has 3 heterocycles. The number of fused-ring (bicyclic) bond motifs is 3.